The molecule has 17 heavy (non-hydrogen) atoms. The third-order valence-corrected chi connectivity index (χ3v) is 2.97. The summed E-state index contributed by atoms with van der Waals surface area (Å²) in [6, 6.07) is 3.72. The van der Waals surface area contributed by atoms with Crippen LogP contribution >= 0.6 is 0 Å². The molecular formula is C13H17NO3. The molecule has 1 aliphatic carbocycles. The minimum atomic E-state index is -0.339. The summed E-state index contributed by atoms with van der Waals surface area (Å²) in [4.78, 5) is 11.5. The molecule has 0 radical (unpaired) electrons. The highest BCUT2D eigenvalue weighted by molar-refractivity contribution is 5.90. The lowest BCUT2D eigenvalue weighted by Gasteiger charge is -2.11. The van der Waals surface area contributed by atoms with Gasteiger partial charge in [-0.15, -0.1) is 0 Å². The van der Waals surface area contributed by atoms with Gasteiger partial charge in [-0.3, -0.25) is 0 Å². The van der Waals surface area contributed by atoms with Crippen molar-refractivity contribution < 1.29 is 14.3 Å². The van der Waals surface area contributed by atoms with E-state index in [4.69, 9.17) is 15.2 Å². The predicted octanol–water partition coefficient (Wildman–Crippen LogP) is 1.30. The molecule has 4 nitrogen and oxygen atoms in total. The van der Waals surface area contributed by atoms with Crippen LogP contribution in [-0.4, -0.2) is 25.7 Å². The summed E-state index contributed by atoms with van der Waals surface area (Å²) < 4.78 is 10.3. The van der Waals surface area contributed by atoms with Crippen molar-refractivity contribution in [3.05, 3.63) is 28.8 Å². The number of benzene rings is 1. The van der Waals surface area contributed by atoms with Crippen LogP contribution in [0.2, 0.25) is 0 Å². The number of carbonyl (C=O) groups is 1. The summed E-state index contributed by atoms with van der Waals surface area (Å²) in [7, 11) is 1.38. The zero-order chi connectivity index (χ0) is 12.4. The number of carbonyl (C=O) groups excluding carboxylic acids is 1. The average molecular weight is 235 g/mol. The molecule has 0 saturated heterocycles. The van der Waals surface area contributed by atoms with Crippen molar-refractivity contribution in [3.8, 4) is 5.75 Å². The normalized spacial score (nSPS) is 17.7. The Bertz CT molecular complexity index is 443. The van der Waals surface area contributed by atoms with Crippen LogP contribution in [0.5, 0.6) is 5.75 Å². The monoisotopic (exact) mass is 235 g/mol. The molecule has 0 aromatic heterocycles. The molecule has 0 heterocycles. The van der Waals surface area contributed by atoms with Crippen molar-refractivity contribution >= 4 is 5.97 Å². The number of fused-ring (bicyclic) bond motifs is 1. The highest BCUT2D eigenvalue weighted by Crippen LogP contribution is 2.32. The van der Waals surface area contributed by atoms with E-state index in [-0.39, 0.29) is 12.0 Å². The van der Waals surface area contributed by atoms with Gasteiger partial charge in [0.05, 0.1) is 19.3 Å². The second-order valence-electron chi connectivity index (χ2n) is 4.20. The van der Waals surface area contributed by atoms with Gasteiger partial charge in [-0.2, -0.15) is 0 Å². The van der Waals surface area contributed by atoms with Crippen LogP contribution in [0.15, 0.2) is 12.1 Å². The van der Waals surface area contributed by atoms with Crippen LogP contribution in [0.25, 0.3) is 0 Å². The molecule has 1 aliphatic rings. The quantitative estimate of drug-likeness (QED) is 0.802. The lowest BCUT2D eigenvalue weighted by molar-refractivity contribution is 0.0600. The number of methoxy groups -OCH3 is 1. The van der Waals surface area contributed by atoms with Gasteiger partial charge in [0.25, 0.3) is 0 Å². The molecule has 0 spiro atoms. The highest BCUT2D eigenvalue weighted by atomic mass is 16.5. The molecular weight excluding hydrogens is 218 g/mol. The fourth-order valence-electron chi connectivity index (χ4n) is 2.25. The molecule has 0 saturated carbocycles. The summed E-state index contributed by atoms with van der Waals surface area (Å²) >= 11 is 0. The van der Waals surface area contributed by atoms with E-state index < -0.39 is 0 Å². The van der Waals surface area contributed by atoms with E-state index >= 15 is 0 Å². The molecule has 1 aromatic rings. The van der Waals surface area contributed by atoms with E-state index in [2.05, 4.69) is 0 Å². The van der Waals surface area contributed by atoms with Crippen molar-refractivity contribution in [2.45, 2.75) is 25.8 Å². The molecule has 4 heteroatoms. The number of esters is 1. The molecule has 1 atom stereocenters. The fraction of sp³-hybridized carbons (Fsp3) is 0.462. The fourth-order valence-corrected chi connectivity index (χ4v) is 2.25. The largest absolute Gasteiger partial charge is 0.494 e. The van der Waals surface area contributed by atoms with Crippen LogP contribution in [-0.2, 0) is 17.6 Å². The smallest absolute Gasteiger partial charge is 0.337 e. The van der Waals surface area contributed by atoms with Gasteiger partial charge in [-0.25, -0.2) is 4.79 Å². The molecule has 0 bridgehead atoms. The van der Waals surface area contributed by atoms with E-state index in [1.54, 1.807) is 6.07 Å². The molecule has 1 unspecified atom stereocenters. The zero-order valence-corrected chi connectivity index (χ0v) is 10.2. The molecule has 2 N–H and O–H groups in total. The Labute approximate surface area is 101 Å². The zero-order valence-electron chi connectivity index (χ0n) is 10.2. The van der Waals surface area contributed by atoms with Gasteiger partial charge in [-0.05, 0) is 43.0 Å². The number of ether oxygens (including phenoxy) is 2. The second-order valence-corrected chi connectivity index (χ2v) is 4.20. The van der Waals surface area contributed by atoms with Crippen LogP contribution in [0.4, 0.5) is 0 Å². The minimum absolute atomic E-state index is 0.122. The summed E-state index contributed by atoms with van der Waals surface area (Å²) in [5, 5.41) is 0. The second kappa shape index (κ2) is 4.75. The molecule has 0 amide bonds. The lowest BCUT2D eigenvalue weighted by Crippen LogP contribution is -2.19. The van der Waals surface area contributed by atoms with Gasteiger partial charge >= 0.3 is 5.97 Å². The SMILES string of the molecule is CCOc1cc(C(=O)OC)cc2c1CC(N)C2. The summed E-state index contributed by atoms with van der Waals surface area (Å²) in [5.74, 6) is 0.424. The Morgan fingerprint density at radius 3 is 2.88 bits per heavy atom. The first-order valence-electron chi connectivity index (χ1n) is 5.78. The van der Waals surface area contributed by atoms with Crippen LogP contribution in [0, 0.1) is 0 Å². The Morgan fingerprint density at radius 2 is 2.24 bits per heavy atom. The maximum absolute atomic E-state index is 11.5. The summed E-state index contributed by atoms with van der Waals surface area (Å²) in [6.07, 6.45) is 1.60. The Morgan fingerprint density at radius 1 is 1.47 bits per heavy atom. The third-order valence-electron chi connectivity index (χ3n) is 2.97. The molecule has 92 valence electrons. The first-order chi connectivity index (χ1) is 8.15. The van der Waals surface area contributed by atoms with Gasteiger partial charge in [0.2, 0.25) is 0 Å². The number of hydrogen-bond donors (Lipinski definition) is 1. The van der Waals surface area contributed by atoms with E-state index in [0.717, 1.165) is 29.7 Å². The standard InChI is InChI=1S/C13H17NO3/c1-3-17-12-6-9(13(15)16-2)4-8-5-10(14)7-11(8)12/h4,6,10H,3,5,7,14H2,1-2H3. The van der Waals surface area contributed by atoms with Crippen LogP contribution in [0.1, 0.15) is 28.4 Å². The summed E-state index contributed by atoms with van der Waals surface area (Å²) in [5.41, 5.74) is 8.70. The lowest BCUT2D eigenvalue weighted by atomic mass is 10.1. The van der Waals surface area contributed by atoms with Crippen molar-refractivity contribution in [1.29, 1.82) is 0 Å². The molecule has 1 aromatic carbocycles. The topological polar surface area (TPSA) is 61.5 Å². The van der Waals surface area contributed by atoms with Gasteiger partial charge in [-0.1, -0.05) is 0 Å². The maximum atomic E-state index is 11.5. The average Bonchev–Trinajstić information content (AvgIpc) is 2.69. The Balaban J connectivity index is 2.43. The van der Waals surface area contributed by atoms with Gasteiger partial charge in [0.1, 0.15) is 5.75 Å². The summed E-state index contributed by atoms with van der Waals surface area (Å²) in [6.45, 7) is 2.50. The van der Waals surface area contributed by atoms with Crippen molar-refractivity contribution in [1.82, 2.24) is 0 Å². The Kier molecular flexibility index (Phi) is 3.33. The van der Waals surface area contributed by atoms with E-state index in [9.17, 15) is 4.79 Å². The van der Waals surface area contributed by atoms with E-state index in [1.807, 2.05) is 13.0 Å². The van der Waals surface area contributed by atoms with Crippen molar-refractivity contribution in [3.63, 3.8) is 0 Å². The van der Waals surface area contributed by atoms with Gasteiger partial charge in [0, 0.05) is 6.04 Å². The number of nitrogens with two attached hydrogens (primary N) is 1. The van der Waals surface area contributed by atoms with Crippen LogP contribution < -0.4 is 10.5 Å². The highest BCUT2D eigenvalue weighted by Gasteiger charge is 2.24. The molecule has 2 rings (SSSR count). The number of hydrogen-bond acceptors (Lipinski definition) is 4. The van der Waals surface area contributed by atoms with Gasteiger partial charge < -0.3 is 15.2 Å². The van der Waals surface area contributed by atoms with E-state index in [1.165, 1.54) is 7.11 Å². The predicted molar refractivity (Wildman–Crippen MR) is 64.3 cm³/mol. The minimum Gasteiger partial charge on any atom is -0.494 e. The first kappa shape index (κ1) is 11.9. The van der Waals surface area contributed by atoms with E-state index in [0.29, 0.717) is 12.2 Å². The third kappa shape index (κ3) is 2.26. The number of rotatable bonds is 3. The Hall–Kier alpha value is -1.55. The van der Waals surface area contributed by atoms with Crippen molar-refractivity contribution in [2.24, 2.45) is 5.73 Å². The molecule has 0 aliphatic heterocycles. The van der Waals surface area contributed by atoms with Gasteiger partial charge in [0.15, 0.2) is 0 Å². The maximum Gasteiger partial charge on any atom is 0.337 e. The van der Waals surface area contributed by atoms with Crippen LogP contribution in [0.3, 0.4) is 0 Å². The first-order valence-corrected chi connectivity index (χ1v) is 5.78. The van der Waals surface area contributed by atoms with Crippen molar-refractivity contribution in [2.75, 3.05) is 13.7 Å². The molecule has 0 fully saturated rings.